The van der Waals surface area contributed by atoms with Crippen LogP contribution in [-0.4, -0.2) is 48.8 Å². The summed E-state index contributed by atoms with van der Waals surface area (Å²) in [6.45, 7) is 3.74. The maximum absolute atomic E-state index is 13.0. The zero-order chi connectivity index (χ0) is 15.8. The molecule has 22 heavy (non-hydrogen) atoms. The summed E-state index contributed by atoms with van der Waals surface area (Å²) in [6, 6.07) is 5.53. The molecule has 1 aromatic carbocycles. The molecule has 122 valence electrons. The van der Waals surface area contributed by atoms with Crippen molar-refractivity contribution in [3.63, 3.8) is 0 Å². The van der Waals surface area contributed by atoms with Crippen molar-refractivity contribution in [2.24, 2.45) is 5.92 Å². The van der Waals surface area contributed by atoms with Gasteiger partial charge in [0.25, 0.3) is 0 Å². The highest BCUT2D eigenvalue weighted by Gasteiger charge is 2.19. The highest BCUT2D eigenvalue weighted by atomic mass is 19.1. The first-order valence-electron chi connectivity index (χ1n) is 7.81. The maximum atomic E-state index is 13.0. The normalized spacial score (nSPS) is 18.9. The molecule has 1 unspecified atom stereocenters. The molecule has 2 rings (SSSR count). The van der Waals surface area contributed by atoms with Crippen LogP contribution in [0.2, 0.25) is 0 Å². The number of piperidine rings is 1. The summed E-state index contributed by atoms with van der Waals surface area (Å²) >= 11 is 0. The number of carbonyl (C=O) groups is 1. The molecule has 0 spiro atoms. The summed E-state index contributed by atoms with van der Waals surface area (Å²) in [4.78, 5) is 14.2. The highest BCUT2D eigenvalue weighted by molar-refractivity contribution is 5.89. The van der Waals surface area contributed by atoms with Crippen LogP contribution in [0.1, 0.15) is 19.3 Å². The van der Waals surface area contributed by atoms with Crippen LogP contribution in [0.15, 0.2) is 24.3 Å². The fraction of sp³-hybridized carbons (Fsp3) is 0.562. The lowest BCUT2D eigenvalue weighted by Crippen LogP contribution is -2.42. The molecule has 1 aliphatic heterocycles. The zero-order valence-electron chi connectivity index (χ0n) is 12.7. The Hall–Kier alpha value is -1.66. The van der Waals surface area contributed by atoms with Gasteiger partial charge in [0, 0.05) is 31.9 Å². The molecular weight excluding hydrogens is 285 g/mol. The minimum absolute atomic E-state index is 0.218. The first-order chi connectivity index (χ1) is 10.7. The van der Waals surface area contributed by atoms with Crippen LogP contribution >= 0.6 is 0 Å². The molecule has 1 atom stereocenters. The summed E-state index contributed by atoms with van der Waals surface area (Å²) in [5.74, 6) is 0.0512. The minimum atomic E-state index is -0.371. The van der Waals surface area contributed by atoms with Crippen molar-refractivity contribution >= 4 is 11.7 Å². The number of likely N-dealkylation sites (tertiary alicyclic amines) is 1. The van der Waals surface area contributed by atoms with E-state index in [1.807, 2.05) is 0 Å². The molecule has 6 heteroatoms. The molecule has 5 nitrogen and oxygen atoms in total. The lowest BCUT2D eigenvalue weighted by atomic mass is 9.98. The van der Waals surface area contributed by atoms with E-state index in [2.05, 4.69) is 15.5 Å². The number of benzene rings is 1. The number of aliphatic hydroxyl groups is 1. The zero-order valence-corrected chi connectivity index (χ0v) is 12.7. The molecule has 2 amide bonds. The fourth-order valence-electron chi connectivity index (χ4n) is 2.79. The molecule has 0 radical (unpaired) electrons. The monoisotopic (exact) mass is 309 g/mol. The predicted molar refractivity (Wildman–Crippen MR) is 84.3 cm³/mol. The second-order valence-corrected chi connectivity index (χ2v) is 5.73. The Kier molecular flexibility index (Phi) is 6.61. The van der Waals surface area contributed by atoms with E-state index in [0.29, 0.717) is 18.2 Å². The molecule has 1 saturated heterocycles. The second kappa shape index (κ2) is 8.70. The van der Waals surface area contributed by atoms with Gasteiger partial charge in [0.1, 0.15) is 5.82 Å². The predicted octanol–water partition coefficient (Wildman–Crippen LogP) is 2.04. The van der Waals surface area contributed by atoms with Gasteiger partial charge in [0.15, 0.2) is 0 Å². The number of aliphatic hydroxyl groups excluding tert-OH is 1. The summed E-state index contributed by atoms with van der Waals surface area (Å²) in [5.41, 5.74) is 0.450. The number of hydrogen-bond acceptors (Lipinski definition) is 3. The van der Waals surface area contributed by atoms with Crippen molar-refractivity contribution in [3.05, 3.63) is 30.1 Å². The van der Waals surface area contributed by atoms with E-state index in [9.17, 15) is 9.18 Å². The van der Waals surface area contributed by atoms with E-state index in [4.69, 9.17) is 5.11 Å². The van der Waals surface area contributed by atoms with Gasteiger partial charge in [0.05, 0.1) is 0 Å². The van der Waals surface area contributed by atoms with Gasteiger partial charge in [0.2, 0.25) is 0 Å². The number of urea groups is 1. The van der Waals surface area contributed by atoms with E-state index in [1.165, 1.54) is 12.1 Å². The van der Waals surface area contributed by atoms with Crippen LogP contribution in [0.5, 0.6) is 0 Å². The summed E-state index contributed by atoms with van der Waals surface area (Å²) in [6.07, 6.45) is 3.00. The van der Waals surface area contributed by atoms with Gasteiger partial charge < -0.3 is 20.6 Å². The van der Waals surface area contributed by atoms with Crippen LogP contribution in [0, 0.1) is 11.7 Å². The number of nitrogens with one attached hydrogen (secondary N) is 2. The molecule has 1 aliphatic rings. The standard InChI is InChI=1S/C16H24FN3O2/c17-14-5-1-6-15(10-14)19-16(22)18-11-13-4-2-7-20(12-13)8-3-9-21/h1,5-6,10,13,21H,2-4,7-9,11-12H2,(H2,18,19,22). The third-order valence-electron chi connectivity index (χ3n) is 3.87. The van der Waals surface area contributed by atoms with Gasteiger partial charge in [-0.1, -0.05) is 6.07 Å². The highest BCUT2D eigenvalue weighted by Crippen LogP contribution is 2.16. The molecule has 1 aromatic rings. The largest absolute Gasteiger partial charge is 0.396 e. The fourth-order valence-corrected chi connectivity index (χ4v) is 2.79. The maximum Gasteiger partial charge on any atom is 0.319 e. The van der Waals surface area contributed by atoms with Crippen molar-refractivity contribution < 1.29 is 14.3 Å². The SMILES string of the molecule is O=C(NCC1CCCN(CCCO)C1)Nc1cccc(F)c1. The number of nitrogens with zero attached hydrogens (tertiary/aromatic N) is 1. The number of rotatable bonds is 6. The summed E-state index contributed by atoms with van der Waals surface area (Å²) in [7, 11) is 0. The number of halogens is 1. The molecule has 0 bridgehead atoms. The third kappa shape index (κ3) is 5.61. The van der Waals surface area contributed by atoms with Gasteiger partial charge in [-0.3, -0.25) is 0 Å². The lowest BCUT2D eigenvalue weighted by molar-refractivity contribution is 0.158. The first kappa shape index (κ1) is 16.7. The average molecular weight is 309 g/mol. The molecule has 1 fully saturated rings. The Morgan fingerprint density at radius 3 is 3.09 bits per heavy atom. The Labute approximate surface area is 130 Å². The van der Waals surface area contributed by atoms with Crippen LogP contribution in [0.25, 0.3) is 0 Å². The summed E-state index contributed by atoms with van der Waals surface area (Å²) in [5, 5.41) is 14.4. The third-order valence-corrected chi connectivity index (χ3v) is 3.87. The number of amides is 2. The molecule has 0 saturated carbocycles. The Bertz CT molecular complexity index is 484. The quantitative estimate of drug-likeness (QED) is 0.753. The van der Waals surface area contributed by atoms with Crippen molar-refractivity contribution in [3.8, 4) is 0 Å². The van der Waals surface area contributed by atoms with E-state index in [-0.39, 0.29) is 18.5 Å². The molecule has 3 N–H and O–H groups in total. The number of hydrogen-bond donors (Lipinski definition) is 3. The van der Waals surface area contributed by atoms with Gasteiger partial charge in [-0.15, -0.1) is 0 Å². The lowest BCUT2D eigenvalue weighted by Gasteiger charge is -2.32. The van der Waals surface area contributed by atoms with Crippen molar-refractivity contribution in [1.29, 1.82) is 0 Å². The van der Waals surface area contributed by atoms with Crippen LogP contribution in [0.3, 0.4) is 0 Å². The van der Waals surface area contributed by atoms with Gasteiger partial charge >= 0.3 is 6.03 Å². The average Bonchev–Trinajstić information content (AvgIpc) is 2.51. The summed E-state index contributed by atoms with van der Waals surface area (Å²) < 4.78 is 13.0. The van der Waals surface area contributed by atoms with Crippen LogP contribution in [0.4, 0.5) is 14.9 Å². The molecule has 0 aliphatic carbocycles. The molecule has 1 heterocycles. The van der Waals surface area contributed by atoms with E-state index >= 15 is 0 Å². The van der Waals surface area contributed by atoms with E-state index in [1.54, 1.807) is 12.1 Å². The van der Waals surface area contributed by atoms with Crippen molar-refractivity contribution in [1.82, 2.24) is 10.2 Å². The van der Waals surface area contributed by atoms with E-state index < -0.39 is 0 Å². The Balaban J connectivity index is 1.71. The van der Waals surface area contributed by atoms with Crippen LogP contribution < -0.4 is 10.6 Å². The van der Waals surface area contributed by atoms with Gasteiger partial charge in [-0.05, 0) is 49.9 Å². The second-order valence-electron chi connectivity index (χ2n) is 5.73. The topological polar surface area (TPSA) is 64.6 Å². The minimum Gasteiger partial charge on any atom is -0.396 e. The molecular formula is C16H24FN3O2. The van der Waals surface area contributed by atoms with Crippen molar-refractivity contribution in [2.75, 3.05) is 38.1 Å². The van der Waals surface area contributed by atoms with Crippen molar-refractivity contribution in [2.45, 2.75) is 19.3 Å². The Morgan fingerprint density at radius 2 is 2.32 bits per heavy atom. The van der Waals surface area contributed by atoms with Gasteiger partial charge in [-0.2, -0.15) is 0 Å². The number of anilines is 1. The van der Waals surface area contributed by atoms with Gasteiger partial charge in [-0.25, -0.2) is 9.18 Å². The first-order valence-corrected chi connectivity index (χ1v) is 7.81. The van der Waals surface area contributed by atoms with Crippen LogP contribution in [-0.2, 0) is 0 Å². The molecule has 0 aromatic heterocycles. The Morgan fingerprint density at radius 1 is 1.45 bits per heavy atom. The van der Waals surface area contributed by atoms with E-state index in [0.717, 1.165) is 38.9 Å². The smallest absolute Gasteiger partial charge is 0.319 e. The number of carbonyl (C=O) groups excluding carboxylic acids is 1.